The molecule has 0 N–H and O–H groups in total. The summed E-state index contributed by atoms with van der Waals surface area (Å²) in [7, 11) is 0. The Kier molecular flexibility index (Phi) is 4.88. The molecule has 0 heterocycles. The Morgan fingerprint density at radius 3 is 2.70 bits per heavy atom. The third-order valence-corrected chi connectivity index (χ3v) is 2.94. The Bertz CT molecular complexity index is 593. The summed E-state index contributed by atoms with van der Waals surface area (Å²) in [6, 6.07) is 13.4. The van der Waals surface area contributed by atoms with Gasteiger partial charge >= 0.3 is 0 Å². The first-order valence-corrected chi connectivity index (χ1v) is 6.70. The SMILES string of the molecule is CCCOc1cccc(C(=O)Cc2ccccc2F)c1. The highest BCUT2D eigenvalue weighted by Gasteiger charge is 2.10. The van der Waals surface area contributed by atoms with Gasteiger partial charge in [-0.05, 0) is 30.2 Å². The van der Waals surface area contributed by atoms with Crippen molar-refractivity contribution in [1.29, 1.82) is 0 Å². The highest BCUT2D eigenvalue weighted by atomic mass is 19.1. The fraction of sp³-hybridized carbons (Fsp3) is 0.235. The van der Waals surface area contributed by atoms with Crippen LogP contribution in [-0.2, 0) is 6.42 Å². The van der Waals surface area contributed by atoms with Crippen LogP contribution in [0.2, 0.25) is 0 Å². The minimum Gasteiger partial charge on any atom is -0.494 e. The third kappa shape index (κ3) is 3.67. The number of ether oxygens (including phenoxy) is 1. The van der Waals surface area contributed by atoms with Crippen LogP contribution in [0.1, 0.15) is 29.3 Å². The van der Waals surface area contributed by atoms with Crippen LogP contribution in [0.5, 0.6) is 5.75 Å². The molecule has 0 aromatic heterocycles. The van der Waals surface area contributed by atoms with Crippen molar-refractivity contribution < 1.29 is 13.9 Å². The fourth-order valence-corrected chi connectivity index (χ4v) is 1.90. The zero-order valence-corrected chi connectivity index (χ0v) is 11.4. The number of ketones is 1. The van der Waals surface area contributed by atoms with E-state index in [2.05, 4.69) is 0 Å². The molecule has 2 nitrogen and oxygen atoms in total. The first-order valence-electron chi connectivity index (χ1n) is 6.70. The number of Topliss-reactive ketones (excluding diaryl/α,β-unsaturated/α-hetero) is 1. The summed E-state index contributed by atoms with van der Waals surface area (Å²) in [5.41, 5.74) is 0.958. The Morgan fingerprint density at radius 1 is 1.15 bits per heavy atom. The molecule has 0 radical (unpaired) electrons. The van der Waals surface area contributed by atoms with Gasteiger partial charge in [-0.3, -0.25) is 4.79 Å². The van der Waals surface area contributed by atoms with Crippen LogP contribution in [0.3, 0.4) is 0 Å². The molecule has 104 valence electrons. The minimum atomic E-state index is -0.348. The molecule has 0 atom stereocenters. The Labute approximate surface area is 118 Å². The van der Waals surface area contributed by atoms with E-state index in [9.17, 15) is 9.18 Å². The quantitative estimate of drug-likeness (QED) is 0.742. The topological polar surface area (TPSA) is 26.3 Å². The van der Waals surface area contributed by atoms with E-state index < -0.39 is 0 Å². The van der Waals surface area contributed by atoms with Gasteiger partial charge in [0, 0.05) is 12.0 Å². The van der Waals surface area contributed by atoms with Crippen LogP contribution in [0.4, 0.5) is 4.39 Å². The molecular formula is C17H17FO2. The molecule has 0 spiro atoms. The Balaban J connectivity index is 2.11. The lowest BCUT2D eigenvalue weighted by atomic mass is 10.0. The molecule has 0 aliphatic carbocycles. The molecule has 0 unspecified atom stereocenters. The first kappa shape index (κ1) is 14.3. The van der Waals surface area contributed by atoms with Crippen molar-refractivity contribution in [2.24, 2.45) is 0 Å². The maximum atomic E-state index is 13.5. The van der Waals surface area contributed by atoms with Crippen LogP contribution < -0.4 is 4.74 Å². The third-order valence-electron chi connectivity index (χ3n) is 2.94. The van der Waals surface area contributed by atoms with Gasteiger partial charge in [0.25, 0.3) is 0 Å². The van der Waals surface area contributed by atoms with Gasteiger partial charge in [-0.15, -0.1) is 0 Å². The van der Waals surface area contributed by atoms with Crippen molar-refractivity contribution in [2.45, 2.75) is 19.8 Å². The monoisotopic (exact) mass is 272 g/mol. The van der Waals surface area contributed by atoms with E-state index in [4.69, 9.17) is 4.74 Å². The van der Waals surface area contributed by atoms with Gasteiger partial charge in [0.05, 0.1) is 6.61 Å². The van der Waals surface area contributed by atoms with E-state index in [0.717, 1.165) is 6.42 Å². The van der Waals surface area contributed by atoms with Crippen LogP contribution in [0.15, 0.2) is 48.5 Å². The smallest absolute Gasteiger partial charge is 0.167 e. The van der Waals surface area contributed by atoms with Gasteiger partial charge in [0.1, 0.15) is 11.6 Å². The zero-order chi connectivity index (χ0) is 14.4. The zero-order valence-electron chi connectivity index (χ0n) is 11.4. The average Bonchev–Trinajstić information content (AvgIpc) is 2.48. The summed E-state index contributed by atoms with van der Waals surface area (Å²) in [6.45, 7) is 2.64. The van der Waals surface area contributed by atoms with E-state index in [0.29, 0.717) is 23.5 Å². The molecule has 2 aromatic carbocycles. The second kappa shape index (κ2) is 6.85. The van der Waals surface area contributed by atoms with Gasteiger partial charge in [0.2, 0.25) is 0 Å². The fourth-order valence-electron chi connectivity index (χ4n) is 1.90. The van der Waals surface area contributed by atoms with Crippen molar-refractivity contribution in [1.82, 2.24) is 0 Å². The van der Waals surface area contributed by atoms with Gasteiger partial charge < -0.3 is 4.74 Å². The van der Waals surface area contributed by atoms with Crippen molar-refractivity contribution in [3.63, 3.8) is 0 Å². The molecule has 0 saturated carbocycles. The molecule has 0 bridgehead atoms. The van der Waals surface area contributed by atoms with Crippen LogP contribution in [0, 0.1) is 5.82 Å². The van der Waals surface area contributed by atoms with Gasteiger partial charge in [-0.1, -0.05) is 37.3 Å². The molecule has 0 saturated heterocycles. The Morgan fingerprint density at radius 2 is 1.95 bits per heavy atom. The number of benzene rings is 2. The highest BCUT2D eigenvalue weighted by molar-refractivity contribution is 5.97. The largest absolute Gasteiger partial charge is 0.494 e. The highest BCUT2D eigenvalue weighted by Crippen LogP contribution is 2.16. The molecule has 2 rings (SSSR count). The maximum absolute atomic E-state index is 13.5. The minimum absolute atomic E-state index is 0.0594. The summed E-state index contributed by atoms with van der Waals surface area (Å²) >= 11 is 0. The predicted octanol–water partition coefficient (Wildman–Crippen LogP) is 4.04. The second-order valence-electron chi connectivity index (χ2n) is 4.57. The number of carbonyl (C=O) groups is 1. The van der Waals surface area contributed by atoms with E-state index in [1.54, 1.807) is 36.4 Å². The maximum Gasteiger partial charge on any atom is 0.167 e. The molecule has 0 fully saturated rings. The summed E-state index contributed by atoms with van der Waals surface area (Å²) in [6.07, 6.45) is 0.970. The van der Waals surface area contributed by atoms with Crippen molar-refractivity contribution in [2.75, 3.05) is 6.61 Å². The van der Waals surface area contributed by atoms with Gasteiger partial charge in [-0.25, -0.2) is 4.39 Å². The summed E-state index contributed by atoms with van der Waals surface area (Å²) in [5, 5.41) is 0. The molecule has 0 aliphatic rings. The number of hydrogen-bond acceptors (Lipinski definition) is 2. The molecular weight excluding hydrogens is 255 g/mol. The molecule has 20 heavy (non-hydrogen) atoms. The lowest BCUT2D eigenvalue weighted by Crippen LogP contribution is -2.05. The van der Waals surface area contributed by atoms with E-state index in [-0.39, 0.29) is 18.0 Å². The number of hydrogen-bond donors (Lipinski definition) is 0. The van der Waals surface area contributed by atoms with Crippen molar-refractivity contribution in [3.8, 4) is 5.75 Å². The lowest BCUT2D eigenvalue weighted by molar-refractivity contribution is 0.0991. The van der Waals surface area contributed by atoms with Gasteiger partial charge in [-0.2, -0.15) is 0 Å². The predicted molar refractivity (Wildman–Crippen MR) is 76.7 cm³/mol. The van der Waals surface area contributed by atoms with Crippen LogP contribution in [0.25, 0.3) is 0 Å². The van der Waals surface area contributed by atoms with Crippen molar-refractivity contribution >= 4 is 5.78 Å². The normalized spacial score (nSPS) is 10.3. The molecule has 2 aromatic rings. The number of carbonyl (C=O) groups excluding carboxylic acids is 1. The van der Waals surface area contributed by atoms with Crippen LogP contribution >= 0.6 is 0 Å². The molecule has 0 aliphatic heterocycles. The lowest BCUT2D eigenvalue weighted by Gasteiger charge is -2.07. The summed E-state index contributed by atoms with van der Waals surface area (Å²) in [4.78, 5) is 12.2. The van der Waals surface area contributed by atoms with E-state index >= 15 is 0 Å². The molecule has 3 heteroatoms. The molecule has 0 amide bonds. The number of halogens is 1. The Hall–Kier alpha value is -2.16. The van der Waals surface area contributed by atoms with E-state index in [1.807, 2.05) is 13.0 Å². The summed E-state index contributed by atoms with van der Waals surface area (Å²) < 4.78 is 19.0. The van der Waals surface area contributed by atoms with Gasteiger partial charge in [0.15, 0.2) is 5.78 Å². The second-order valence-corrected chi connectivity index (χ2v) is 4.57. The van der Waals surface area contributed by atoms with E-state index in [1.165, 1.54) is 6.07 Å². The standard InChI is InChI=1S/C17H17FO2/c1-2-10-20-15-8-5-7-14(11-15)17(19)12-13-6-3-4-9-16(13)18/h3-9,11H,2,10,12H2,1H3. The summed E-state index contributed by atoms with van der Waals surface area (Å²) in [5.74, 6) is 0.211. The van der Waals surface area contributed by atoms with Crippen molar-refractivity contribution in [3.05, 3.63) is 65.5 Å². The van der Waals surface area contributed by atoms with Crippen LogP contribution in [-0.4, -0.2) is 12.4 Å². The first-order chi connectivity index (χ1) is 9.70. The average molecular weight is 272 g/mol. The number of rotatable bonds is 6.